The Morgan fingerprint density at radius 3 is 2.69 bits per heavy atom. The van der Waals surface area contributed by atoms with Gasteiger partial charge in [-0.05, 0) is 40.5 Å². The highest BCUT2D eigenvalue weighted by Crippen LogP contribution is 2.47. The van der Waals surface area contributed by atoms with Gasteiger partial charge in [0.1, 0.15) is 11.6 Å². The van der Waals surface area contributed by atoms with Crippen LogP contribution >= 0.6 is 0 Å². The molecule has 1 amide bonds. The van der Waals surface area contributed by atoms with Crippen molar-refractivity contribution in [2.24, 2.45) is 0 Å². The molecule has 1 atom stereocenters. The van der Waals surface area contributed by atoms with E-state index < -0.39 is 0 Å². The molecule has 0 radical (unpaired) electrons. The van der Waals surface area contributed by atoms with Gasteiger partial charge in [0.25, 0.3) is 5.91 Å². The first-order valence-corrected chi connectivity index (χ1v) is 10.2. The van der Waals surface area contributed by atoms with Crippen LogP contribution in [0.3, 0.4) is 0 Å². The van der Waals surface area contributed by atoms with Crippen LogP contribution in [0, 0.1) is 0 Å². The number of rotatable bonds is 3. The van der Waals surface area contributed by atoms with E-state index in [9.17, 15) is 4.79 Å². The molecule has 0 saturated heterocycles. The van der Waals surface area contributed by atoms with Gasteiger partial charge >= 0.3 is 0 Å². The van der Waals surface area contributed by atoms with E-state index >= 15 is 0 Å². The van der Waals surface area contributed by atoms with Crippen molar-refractivity contribution in [1.82, 2.24) is 25.3 Å². The van der Waals surface area contributed by atoms with Gasteiger partial charge in [-0.25, -0.2) is 9.97 Å². The molecule has 3 heterocycles. The summed E-state index contributed by atoms with van der Waals surface area (Å²) >= 11 is 0. The number of amides is 1. The number of hydrogen-bond donors (Lipinski definition) is 3. The number of imidazole rings is 1. The molecule has 5 aromatic rings. The lowest BCUT2D eigenvalue weighted by atomic mass is 9.98. The number of aromatic amines is 1. The Labute approximate surface area is 183 Å². The van der Waals surface area contributed by atoms with Crippen LogP contribution in [0.1, 0.15) is 27.5 Å². The molecule has 1 aliphatic carbocycles. The first-order chi connectivity index (χ1) is 15.7. The third-order valence-electron chi connectivity index (χ3n) is 5.81. The molecule has 7 heteroatoms. The van der Waals surface area contributed by atoms with Gasteiger partial charge in [0.2, 0.25) is 0 Å². The minimum absolute atomic E-state index is 0.202. The van der Waals surface area contributed by atoms with Crippen LogP contribution in [-0.4, -0.2) is 25.8 Å². The molecule has 3 aromatic heterocycles. The maximum absolute atomic E-state index is 13.0. The molecular weight excluding hydrogens is 400 g/mol. The van der Waals surface area contributed by atoms with E-state index in [1.807, 2.05) is 30.3 Å². The molecule has 6 rings (SSSR count). The molecule has 0 unspecified atom stereocenters. The van der Waals surface area contributed by atoms with Crippen molar-refractivity contribution < 1.29 is 4.79 Å². The molecule has 7 nitrogen and oxygen atoms in total. The first-order valence-electron chi connectivity index (χ1n) is 10.2. The Morgan fingerprint density at radius 2 is 1.81 bits per heavy atom. The second-order valence-corrected chi connectivity index (χ2v) is 7.71. The Kier molecular flexibility index (Phi) is 4.01. The van der Waals surface area contributed by atoms with Crippen molar-refractivity contribution in [3.63, 3.8) is 0 Å². The smallest absolute Gasteiger partial charge is 0.252 e. The second-order valence-electron chi connectivity index (χ2n) is 7.71. The van der Waals surface area contributed by atoms with Crippen LogP contribution in [0.4, 0.5) is 5.82 Å². The molecule has 0 bridgehead atoms. The van der Waals surface area contributed by atoms with Crippen LogP contribution in [0.15, 0.2) is 79.3 Å². The number of nitrogens with one attached hydrogen (secondary N) is 2. The van der Waals surface area contributed by atoms with Gasteiger partial charge in [-0.15, -0.1) is 0 Å². The molecule has 0 aliphatic heterocycles. The van der Waals surface area contributed by atoms with Crippen LogP contribution in [0.5, 0.6) is 0 Å². The minimum Gasteiger partial charge on any atom is -0.384 e. The van der Waals surface area contributed by atoms with E-state index in [1.54, 1.807) is 24.5 Å². The summed E-state index contributed by atoms with van der Waals surface area (Å²) in [7, 11) is 0. The SMILES string of the molecule is Nc1cc(C(=O)N[C@@H]2c3ccccc3-c3c(-c4nc5ccncc5[nH]4)cccc32)ccn1. The highest BCUT2D eigenvalue weighted by molar-refractivity contribution is 5.97. The summed E-state index contributed by atoms with van der Waals surface area (Å²) in [6, 6.07) is 19.1. The van der Waals surface area contributed by atoms with E-state index in [-0.39, 0.29) is 11.9 Å². The number of carbonyl (C=O) groups is 1. The van der Waals surface area contributed by atoms with Crippen LogP contribution in [-0.2, 0) is 0 Å². The topological polar surface area (TPSA) is 110 Å². The standard InChI is InChI=1S/C25H18N6O/c26-21-12-14(8-11-28-21)25(32)31-23-16-5-2-1-4-15(16)22-17(23)6-3-7-18(22)24-29-19-9-10-27-13-20(19)30-24/h1-13,23H,(H2,26,28)(H,29,30)(H,31,32)/t23-/m1/s1. The second kappa shape index (κ2) is 7.02. The highest BCUT2D eigenvalue weighted by atomic mass is 16.1. The number of nitrogen functional groups attached to an aromatic ring is 1. The summed E-state index contributed by atoms with van der Waals surface area (Å²) in [6.45, 7) is 0. The van der Waals surface area contributed by atoms with Crippen LogP contribution in [0.25, 0.3) is 33.5 Å². The fourth-order valence-corrected chi connectivity index (χ4v) is 4.40. The molecule has 154 valence electrons. The summed E-state index contributed by atoms with van der Waals surface area (Å²) < 4.78 is 0. The lowest BCUT2D eigenvalue weighted by molar-refractivity contribution is 0.0943. The van der Waals surface area contributed by atoms with Crippen molar-refractivity contribution in [2.75, 3.05) is 5.73 Å². The summed E-state index contributed by atoms with van der Waals surface area (Å²) in [5, 5.41) is 3.18. The van der Waals surface area contributed by atoms with Gasteiger partial charge in [0.05, 0.1) is 23.3 Å². The van der Waals surface area contributed by atoms with Crippen molar-refractivity contribution >= 4 is 22.8 Å². The monoisotopic (exact) mass is 418 g/mol. The number of fused-ring (bicyclic) bond motifs is 4. The molecular formula is C25H18N6O. The van der Waals surface area contributed by atoms with E-state index in [2.05, 4.69) is 38.5 Å². The van der Waals surface area contributed by atoms with E-state index in [1.165, 1.54) is 6.20 Å². The van der Waals surface area contributed by atoms with Gasteiger partial charge in [-0.2, -0.15) is 0 Å². The van der Waals surface area contributed by atoms with Gasteiger partial charge in [0.15, 0.2) is 0 Å². The molecule has 0 spiro atoms. The third-order valence-corrected chi connectivity index (χ3v) is 5.81. The summed E-state index contributed by atoms with van der Waals surface area (Å²) in [5.41, 5.74) is 13.2. The zero-order valence-corrected chi connectivity index (χ0v) is 16.9. The summed E-state index contributed by atoms with van der Waals surface area (Å²) in [4.78, 5) is 29.3. The van der Waals surface area contributed by atoms with E-state index in [0.29, 0.717) is 11.4 Å². The average molecular weight is 418 g/mol. The normalized spacial score (nSPS) is 14.2. The Morgan fingerprint density at radius 1 is 0.969 bits per heavy atom. The minimum atomic E-state index is -0.283. The summed E-state index contributed by atoms with van der Waals surface area (Å²) in [6.07, 6.45) is 5.04. The van der Waals surface area contributed by atoms with Gasteiger partial charge < -0.3 is 16.0 Å². The number of nitrogens with zero attached hydrogens (tertiary/aromatic N) is 3. The number of aromatic nitrogens is 4. The number of hydrogen-bond acceptors (Lipinski definition) is 5. The zero-order chi connectivity index (χ0) is 21.7. The first kappa shape index (κ1) is 18.3. The molecule has 32 heavy (non-hydrogen) atoms. The number of H-pyrrole nitrogens is 1. The fraction of sp³-hybridized carbons (Fsp3) is 0.0400. The largest absolute Gasteiger partial charge is 0.384 e. The maximum atomic E-state index is 13.0. The number of anilines is 1. The quantitative estimate of drug-likeness (QED) is 0.409. The maximum Gasteiger partial charge on any atom is 0.252 e. The molecule has 0 fully saturated rings. The molecule has 1 aliphatic rings. The number of pyridine rings is 2. The molecule has 0 saturated carbocycles. The molecule has 4 N–H and O–H groups in total. The fourth-order valence-electron chi connectivity index (χ4n) is 4.40. The highest BCUT2D eigenvalue weighted by Gasteiger charge is 2.32. The average Bonchev–Trinajstić information content (AvgIpc) is 3.39. The number of carbonyl (C=O) groups excluding carboxylic acids is 1. The summed E-state index contributed by atoms with van der Waals surface area (Å²) in [5.74, 6) is 0.882. The van der Waals surface area contributed by atoms with Gasteiger partial charge in [0, 0.05) is 23.5 Å². The number of nitrogens with two attached hydrogens (primary N) is 1. The third kappa shape index (κ3) is 2.83. The van der Waals surface area contributed by atoms with Crippen molar-refractivity contribution in [3.8, 4) is 22.5 Å². The Balaban J connectivity index is 1.48. The van der Waals surface area contributed by atoms with Crippen LogP contribution in [0.2, 0.25) is 0 Å². The Bertz CT molecular complexity index is 1470. The Hall–Kier alpha value is -4.52. The van der Waals surface area contributed by atoms with E-state index in [0.717, 1.165) is 44.7 Å². The van der Waals surface area contributed by atoms with Gasteiger partial charge in [-0.3, -0.25) is 9.78 Å². The predicted molar refractivity (Wildman–Crippen MR) is 123 cm³/mol. The number of benzene rings is 2. The lowest BCUT2D eigenvalue weighted by Gasteiger charge is -2.16. The van der Waals surface area contributed by atoms with Gasteiger partial charge in [-0.1, -0.05) is 42.5 Å². The molecule has 2 aromatic carbocycles. The van der Waals surface area contributed by atoms with Crippen LogP contribution < -0.4 is 11.1 Å². The predicted octanol–water partition coefficient (Wildman–Crippen LogP) is 4.10. The van der Waals surface area contributed by atoms with E-state index in [4.69, 9.17) is 10.7 Å². The zero-order valence-electron chi connectivity index (χ0n) is 16.9. The lowest BCUT2D eigenvalue weighted by Crippen LogP contribution is -2.28. The van der Waals surface area contributed by atoms with Crippen molar-refractivity contribution in [1.29, 1.82) is 0 Å². The van der Waals surface area contributed by atoms with Crippen molar-refractivity contribution in [2.45, 2.75) is 6.04 Å². The van der Waals surface area contributed by atoms with Crippen molar-refractivity contribution in [3.05, 3.63) is 95.9 Å².